The predicted molar refractivity (Wildman–Crippen MR) is 58.3 cm³/mol. The molecule has 1 aliphatic rings. The number of nitrogens with one attached hydrogen (secondary N) is 1. The molecule has 0 aromatic carbocycles. The van der Waals surface area contributed by atoms with Gasteiger partial charge >= 0.3 is 5.97 Å². The zero-order chi connectivity index (χ0) is 12.3. The Labute approximate surface area is 98.1 Å². The van der Waals surface area contributed by atoms with E-state index in [9.17, 15) is 14.7 Å². The molecule has 1 heterocycles. The van der Waals surface area contributed by atoms with Gasteiger partial charge in [-0.15, -0.1) is 0 Å². The van der Waals surface area contributed by atoms with Crippen molar-refractivity contribution in [3.63, 3.8) is 0 Å². The lowest BCUT2D eigenvalue weighted by Gasteiger charge is -2.24. The summed E-state index contributed by atoms with van der Waals surface area (Å²) in [5, 5.41) is 11.8. The van der Waals surface area contributed by atoms with Crippen molar-refractivity contribution in [2.24, 2.45) is 0 Å². The SMILES string of the molecule is O=C(NC1(C(=O)O)CCCC1)c1cnccn1. The van der Waals surface area contributed by atoms with Crippen LogP contribution in [0.3, 0.4) is 0 Å². The highest BCUT2D eigenvalue weighted by Gasteiger charge is 2.42. The van der Waals surface area contributed by atoms with Gasteiger partial charge in [0.1, 0.15) is 11.2 Å². The first-order valence-corrected chi connectivity index (χ1v) is 5.46. The number of carbonyl (C=O) groups excluding carboxylic acids is 1. The summed E-state index contributed by atoms with van der Waals surface area (Å²) in [6, 6.07) is 0. The fourth-order valence-corrected chi connectivity index (χ4v) is 2.07. The van der Waals surface area contributed by atoms with E-state index in [1.54, 1.807) is 0 Å². The highest BCUT2D eigenvalue weighted by atomic mass is 16.4. The molecule has 2 N–H and O–H groups in total. The van der Waals surface area contributed by atoms with E-state index in [1.165, 1.54) is 18.6 Å². The first-order chi connectivity index (χ1) is 8.14. The Hall–Kier alpha value is -1.98. The van der Waals surface area contributed by atoms with Crippen molar-refractivity contribution in [1.29, 1.82) is 0 Å². The van der Waals surface area contributed by atoms with E-state index < -0.39 is 17.4 Å². The monoisotopic (exact) mass is 235 g/mol. The van der Waals surface area contributed by atoms with Crippen LogP contribution < -0.4 is 5.32 Å². The van der Waals surface area contributed by atoms with Gasteiger partial charge < -0.3 is 10.4 Å². The summed E-state index contributed by atoms with van der Waals surface area (Å²) >= 11 is 0. The summed E-state index contributed by atoms with van der Waals surface area (Å²) in [6.07, 6.45) is 6.74. The van der Waals surface area contributed by atoms with Gasteiger partial charge in [0, 0.05) is 12.4 Å². The van der Waals surface area contributed by atoms with E-state index in [2.05, 4.69) is 15.3 Å². The fraction of sp³-hybridized carbons (Fsp3) is 0.455. The molecule has 6 nitrogen and oxygen atoms in total. The molecule has 1 saturated carbocycles. The number of carboxylic acids is 1. The van der Waals surface area contributed by atoms with Crippen molar-refractivity contribution in [3.05, 3.63) is 24.3 Å². The first-order valence-electron chi connectivity index (χ1n) is 5.46. The second-order valence-electron chi connectivity index (χ2n) is 4.14. The van der Waals surface area contributed by atoms with Gasteiger partial charge in [0.2, 0.25) is 0 Å². The molecular formula is C11H13N3O3. The Morgan fingerprint density at radius 1 is 1.29 bits per heavy atom. The molecule has 6 heteroatoms. The summed E-state index contributed by atoms with van der Waals surface area (Å²) in [5.74, 6) is -1.46. The highest BCUT2D eigenvalue weighted by Crippen LogP contribution is 2.30. The highest BCUT2D eigenvalue weighted by molar-refractivity contribution is 5.96. The number of carbonyl (C=O) groups is 2. The third-order valence-electron chi connectivity index (χ3n) is 3.02. The molecule has 0 unspecified atom stereocenters. The van der Waals surface area contributed by atoms with Crippen LogP contribution in [0.25, 0.3) is 0 Å². The van der Waals surface area contributed by atoms with Crippen LogP contribution in [0.2, 0.25) is 0 Å². The molecule has 1 aliphatic carbocycles. The maximum Gasteiger partial charge on any atom is 0.329 e. The normalized spacial score (nSPS) is 17.6. The smallest absolute Gasteiger partial charge is 0.329 e. The van der Waals surface area contributed by atoms with E-state index in [1.807, 2.05) is 0 Å². The lowest BCUT2D eigenvalue weighted by Crippen LogP contribution is -2.52. The van der Waals surface area contributed by atoms with Gasteiger partial charge in [0.15, 0.2) is 0 Å². The largest absolute Gasteiger partial charge is 0.480 e. The third kappa shape index (κ3) is 2.25. The van der Waals surface area contributed by atoms with Crippen molar-refractivity contribution < 1.29 is 14.7 Å². The van der Waals surface area contributed by atoms with Crippen LogP contribution in [0.1, 0.15) is 36.2 Å². The summed E-state index contributed by atoms with van der Waals surface area (Å²) < 4.78 is 0. The lowest BCUT2D eigenvalue weighted by molar-refractivity contribution is -0.144. The van der Waals surface area contributed by atoms with E-state index in [4.69, 9.17) is 0 Å². The van der Waals surface area contributed by atoms with E-state index in [-0.39, 0.29) is 5.69 Å². The Bertz CT molecular complexity index is 427. The number of aromatic nitrogens is 2. The molecule has 2 rings (SSSR count). The quantitative estimate of drug-likeness (QED) is 0.800. The molecule has 17 heavy (non-hydrogen) atoms. The number of carboxylic acid groups (broad SMARTS) is 1. The lowest BCUT2D eigenvalue weighted by atomic mass is 9.97. The number of aliphatic carboxylic acids is 1. The van der Waals surface area contributed by atoms with Crippen LogP contribution in [-0.4, -0.2) is 32.5 Å². The van der Waals surface area contributed by atoms with Gasteiger partial charge in [-0.2, -0.15) is 0 Å². The molecule has 1 amide bonds. The molecule has 0 bridgehead atoms. The molecule has 1 aromatic heterocycles. The molecule has 1 aromatic rings. The van der Waals surface area contributed by atoms with E-state index in [0.717, 1.165) is 12.8 Å². The van der Waals surface area contributed by atoms with Crippen LogP contribution in [0.4, 0.5) is 0 Å². The van der Waals surface area contributed by atoms with Crippen LogP contribution in [0.15, 0.2) is 18.6 Å². The van der Waals surface area contributed by atoms with Crippen molar-refractivity contribution in [2.45, 2.75) is 31.2 Å². The number of amides is 1. The zero-order valence-corrected chi connectivity index (χ0v) is 9.22. The molecule has 90 valence electrons. The van der Waals surface area contributed by atoms with E-state index >= 15 is 0 Å². The molecule has 0 spiro atoms. The minimum atomic E-state index is -1.13. The standard InChI is InChI=1S/C11H13N3O3/c15-9(8-7-12-5-6-13-8)14-11(10(16)17)3-1-2-4-11/h5-7H,1-4H2,(H,14,15)(H,16,17). The molecule has 0 saturated heterocycles. The molecular weight excluding hydrogens is 222 g/mol. The topological polar surface area (TPSA) is 92.2 Å². The van der Waals surface area contributed by atoms with Crippen LogP contribution in [0.5, 0.6) is 0 Å². The maximum atomic E-state index is 11.8. The number of rotatable bonds is 3. The van der Waals surface area contributed by atoms with Crippen LogP contribution in [0, 0.1) is 0 Å². The van der Waals surface area contributed by atoms with Crippen molar-refractivity contribution in [1.82, 2.24) is 15.3 Å². The minimum Gasteiger partial charge on any atom is -0.480 e. The van der Waals surface area contributed by atoms with Crippen molar-refractivity contribution in [3.8, 4) is 0 Å². The van der Waals surface area contributed by atoms with Gasteiger partial charge in [-0.1, -0.05) is 12.8 Å². The Balaban J connectivity index is 2.15. The van der Waals surface area contributed by atoms with Gasteiger partial charge in [0.25, 0.3) is 5.91 Å². The molecule has 0 aliphatic heterocycles. The first kappa shape index (κ1) is 11.5. The fourth-order valence-electron chi connectivity index (χ4n) is 2.07. The van der Waals surface area contributed by atoms with Crippen molar-refractivity contribution in [2.75, 3.05) is 0 Å². The minimum absolute atomic E-state index is 0.139. The molecule has 0 atom stereocenters. The Kier molecular flexibility index (Phi) is 3.03. The van der Waals surface area contributed by atoms with E-state index in [0.29, 0.717) is 12.8 Å². The summed E-state index contributed by atoms with van der Waals surface area (Å²) in [6.45, 7) is 0. The average molecular weight is 235 g/mol. The van der Waals surface area contributed by atoms with Gasteiger partial charge in [-0.05, 0) is 12.8 Å². The van der Waals surface area contributed by atoms with Gasteiger partial charge in [-0.25, -0.2) is 9.78 Å². The second-order valence-corrected chi connectivity index (χ2v) is 4.14. The van der Waals surface area contributed by atoms with Gasteiger partial charge in [-0.3, -0.25) is 9.78 Å². The maximum absolute atomic E-state index is 11.8. The average Bonchev–Trinajstić information content (AvgIpc) is 2.80. The summed E-state index contributed by atoms with van der Waals surface area (Å²) in [4.78, 5) is 30.7. The Morgan fingerprint density at radius 3 is 2.53 bits per heavy atom. The zero-order valence-electron chi connectivity index (χ0n) is 9.22. The number of hydrogen-bond donors (Lipinski definition) is 2. The number of hydrogen-bond acceptors (Lipinski definition) is 4. The predicted octanol–water partition coefficient (Wildman–Crippen LogP) is 0.604. The second kappa shape index (κ2) is 4.48. The molecule has 1 fully saturated rings. The van der Waals surface area contributed by atoms with Crippen molar-refractivity contribution >= 4 is 11.9 Å². The summed E-state index contributed by atoms with van der Waals surface area (Å²) in [5.41, 5.74) is -0.991. The van der Waals surface area contributed by atoms with Crippen LogP contribution >= 0.6 is 0 Å². The Morgan fingerprint density at radius 2 is 2.00 bits per heavy atom. The van der Waals surface area contributed by atoms with Crippen LogP contribution in [-0.2, 0) is 4.79 Å². The number of nitrogens with zero attached hydrogens (tertiary/aromatic N) is 2. The molecule has 0 radical (unpaired) electrons. The third-order valence-corrected chi connectivity index (χ3v) is 3.02. The van der Waals surface area contributed by atoms with Gasteiger partial charge in [0.05, 0.1) is 6.20 Å². The summed E-state index contributed by atoms with van der Waals surface area (Å²) in [7, 11) is 0.